The summed E-state index contributed by atoms with van der Waals surface area (Å²) >= 11 is 1.88. The average molecular weight is 246 g/mol. The van der Waals surface area contributed by atoms with Gasteiger partial charge in [0.2, 0.25) is 0 Å². The largest absolute Gasteiger partial charge is 0.335 e. The lowest BCUT2D eigenvalue weighted by Gasteiger charge is -2.29. The highest BCUT2D eigenvalue weighted by atomic mass is 32.2. The Bertz CT molecular complexity index is 407. The van der Waals surface area contributed by atoms with E-state index in [-0.39, 0.29) is 5.54 Å². The maximum absolute atomic E-state index is 4.94. The lowest BCUT2D eigenvalue weighted by molar-refractivity contribution is 0.335. The van der Waals surface area contributed by atoms with E-state index in [4.69, 9.17) is 4.99 Å². The Kier molecular flexibility index (Phi) is 3.10. The lowest BCUT2D eigenvalue weighted by Crippen LogP contribution is -2.29. The molecule has 1 spiro atoms. The van der Waals surface area contributed by atoms with Crippen molar-refractivity contribution in [1.82, 2.24) is 0 Å². The average Bonchev–Trinajstić information content (AvgIpc) is 2.74. The van der Waals surface area contributed by atoms with Gasteiger partial charge in [0.25, 0.3) is 0 Å². The first-order valence-corrected chi connectivity index (χ1v) is 7.40. The molecule has 0 amide bonds. The summed E-state index contributed by atoms with van der Waals surface area (Å²) in [6.45, 7) is 0. The van der Waals surface area contributed by atoms with Gasteiger partial charge in [-0.25, -0.2) is 0 Å². The molecule has 2 aliphatic rings. The van der Waals surface area contributed by atoms with Crippen LogP contribution >= 0.6 is 11.8 Å². The van der Waals surface area contributed by atoms with E-state index in [0.717, 1.165) is 10.9 Å². The SMILES string of the molecule is c1ccc(NC2=NC3(CCCCC3)CS2)cc1. The molecule has 0 saturated heterocycles. The second-order valence-corrected chi connectivity index (χ2v) is 5.95. The number of hydrogen-bond acceptors (Lipinski definition) is 3. The van der Waals surface area contributed by atoms with Crippen LogP contribution in [0.5, 0.6) is 0 Å². The van der Waals surface area contributed by atoms with Gasteiger partial charge in [0.05, 0.1) is 5.54 Å². The van der Waals surface area contributed by atoms with Crippen LogP contribution in [0.25, 0.3) is 0 Å². The van der Waals surface area contributed by atoms with Crippen molar-refractivity contribution in [2.75, 3.05) is 11.1 Å². The Hall–Kier alpha value is -0.960. The zero-order valence-electron chi connectivity index (χ0n) is 9.98. The minimum Gasteiger partial charge on any atom is -0.335 e. The second-order valence-electron chi connectivity index (χ2n) is 4.98. The fourth-order valence-electron chi connectivity index (χ4n) is 2.66. The monoisotopic (exact) mass is 246 g/mol. The molecule has 1 aromatic rings. The van der Waals surface area contributed by atoms with Crippen molar-refractivity contribution in [1.29, 1.82) is 0 Å². The number of anilines is 1. The van der Waals surface area contributed by atoms with Crippen molar-refractivity contribution in [3.8, 4) is 0 Å². The summed E-state index contributed by atoms with van der Waals surface area (Å²) in [5.74, 6) is 1.17. The summed E-state index contributed by atoms with van der Waals surface area (Å²) < 4.78 is 0. The van der Waals surface area contributed by atoms with Gasteiger partial charge >= 0.3 is 0 Å². The Balaban J connectivity index is 1.71. The normalized spacial score (nSPS) is 22.5. The first kappa shape index (κ1) is 11.1. The molecule has 1 aliphatic carbocycles. The molecule has 0 radical (unpaired) electrons. The first-order valence-electron chi connectivity index (χ1n) is 6.41. The van der Waals surface area contributed by atoms with Gasteiger partial charge in [0.15, 0.2) is 5.17 Å². The number of rotatable bonds is 1. The third-order valence-electron chi connectivity index (χ3n) is 3.63. The Morgan fingerprint density at radius 1 is 1.06 bits per heavy atom. The molecule has 0 unspecified atom stereocenters. The zero-order valence-corrected chi connectivity index (χ0v) is 10.8. The zero-order chi connectivity index (χ0) is 11.6. The van der Waals surface area contributed by atoms with E-state index in [0.29, 0.717) is 0 Å². The smallest absolute Gasteiger partial charge is 0.161 e. The molecule has 1 N–H and O–H groups in total. The fourth-order valence-corrected chi connectivity index (χ4v) is 3.86. The minimum atomic E-state index is 0.264. The molecule has 0 bridgehead atoms. The summed E-state index contributed by atoms with van der Waals surface area (Å²) in [5, 5.41) is 4.53. The molecule has 1 heterocycles. The quantitative estimate of drug-likeness (QED) is 0.812. The van der Waals surface area contributed by atoms with Crippen LogP contribution in [0.2, 0.25) is 0 Å². The topological polar surface area (TPSA) is 24.4 Å². The highest BCUT2D eigenvalue weighted by Crippen LogP contribution is 2.39. The van der Waals surface area contributed by atoms with Crippen LogP contribution in [0.4, 0.5) is 5.69 Å². The van der Waals surface area contributed by atoms with E-state index in [1.54, 1.807) is 0 Å². The Morgan fingerprint density at radius 2 is 1.82 bits per heavy atom. The molecule has 1 fully saturated rings. The van der Waals surface area contributed by atoms with E-state index < -0.39 is 0 Å². The summed E-state index contributed by atoms with van der Waals surface area (Å²) in [7, 11) is 0. The van der Waals surface area contributed by atoms with Gasteiger partial charge in [0, 0.05) is 11.4 Å². The van der Waals surface area contributed by atoms with Crippen LogP contribution in [0.1, 0.15) is 32.1 Å². The van der Waals surface area contributed by atoms with Crippen molar-refractivity contribution in [3.05, 3.63) is 30.3 Å². The van der Waals surface area contributed by atoms with Gasteiger partial charge in [-0.05, 0) is 25.0 Å². The number of benzene rings is 1. The third kappa shape index (κ3) is 2.49. The molecule has 1 aromatic carbocycles. The standard InChI is InChI=1S/C14H18N2S/c1-3-7-12(8-4-1)15-13-16-14(11-17-13)9-5-2-6-10-14/h1,3-4,7-8H,2,5-6,9-11H2,(H,15,16). The van der Waals surface area contributed by atoms with Crippen molar-refractivity contribution in [3.63, 3.8) is 0 Å². The molecule has 17 heavy (non-hydrogen) atoms. The van der Waals surface area contributed by atoms with Gasteiger partial charge in [0.1, 0.15) is 0 Å². The molecular formula is C14H18N2S. The molecule has 1 aliphatic heterocycles. The second kappa shape index (κ2) is 4.73. The molecule has 3 heteroatoms. The van der Waals surface area contributed by atoms with Gasteiger partial charge in [-0.3, -0.25) is 4.99 Å². The maximum Gasteiger partial charge on any atom is 0.161 e. The number of nitrogens with zero attached hydrogens (tertiary/aromatic N) is 1. The van der Waals surface area contributed by atoms with Crippen LogP contribution in [0, 0.1) is 0 Å². The number of amidine groups is 1. The predicted octanol–water partition coefficient (Wildman–Crippen LogP) is 3.90. The van der Waals surface area contributed by atoms with Gasteiger partial charge in [-0.1, -0.05) is 49.2 Å². The van der Waals surface area contributed by atoms with E-state index in [1.165, 1.54) is 37.9 Å². The number of nitrogens with one attached hydrogen (secondary N) is 1. The summed E-state index contributed by atoms with van der Waals surface area (Å²) in [6, 6.07) is 10.3. The number of para-hydroxylation sites is 1. The van der Waals surface area contributed by atoms with Crippen LogP contribution in [-0.4, -0.2) is 16.5 Å². The van der Waals surface area contributed by atoms with E-state index in [1.807, 2.05) is 17.8 Å². The summed E-state index contributed by atoms with van der Waals surface area (Å²) in [4.78, 5) is 4.94. The summed E-state index contributed by atoms with van der Waals surface area (Å²) in [5.41, 5.74) is 1.41. The van der Waals surface area contributed by atoms with Crippen LogP contribution in [-0.2, 0) is 0 Å². The third-order valence-corrected chi connectivity index (χ3v) is 4.77. The van der Waals surface area contributed by atoms with Crippen LogP contribution < -0.4 is 5.32 Å². The number of thioether (sulfide) groups is 1. The molecule has 2 nitrogen and oxygen atoms in total. The Labute approximate surface area is 107 Å². The number of aliphatic imine (C=N–C) groups is 1. The molecule has 0 aromatic heterocycles. The van der Waals surface area contributed by atoms with Gasteiger partial charge in [-0.15, -0.1) is 0 Å². The predicted molar refractivity (Wildman–Crippen MR) is 75.8 cm³/mol. The molecule has 3 rings (SSSR count). The van der Waals surface area contributed by atoms with Crippen LogP contribution in [0.3, 0.4) is 0 Å². The van der Waals surface area contributed by atoms with Crippen molar-refractivity contribution < 1.29 is 0 Å². The molecule has 0 atom stereocenters. The summed E-state index contributed by atoms with van der Waals surface area (Å²) in [6.07, 6.45) is 6.65. The fraction of sp³-hybridized carbons (Fsp3) is 0.500. The van der Waals surface area contributed by atoms with Crippen molar-refractivity contribution >= 4 is 22.6 Å². The molecule has 90 valence electrons. The van der Waals surface area contributed by atoms with E-state index in [2.05, 4.69) is 29.6 Å². The Morgan fingerprint density at radius 3 is 2.59 bits per heavy atom. The van der Waals surface area contributed by atoms with Gasteiger partial charge in [-0.2, -0.15) is 0 Å². The van der Waals surface area contributed by atoms with Crippen molar-refractivity contribution in [2.24, 2.45) is 4.99 Å². The lowest BCUT2D eigenvalue weighted by atomic mass is 9.84. The van der Waals surface area contributed by atoms with Crippen molar-refractivity contribution in [2.45, 2.75) is 37.6 Å². The first-order chi connectivity index (χ1) is 8.36. The van der Waals surface area contributed by atoms with Crippen LogP contribution in [0.15, 0.2) is 35.3 Å². The van der Waals surface area contributed by atoms with E-state index in [9.17, 15) is 0 Å². The van der Waals surface area contributed by atoms with E-state index >= 15 is 0 Å². The highest BCUT2D eigenvalue weighted by molar-refractivity contribution is 8.14. The van der Waals surface area contributed by atoms with Gasteiger partial charge < -0.3 is 5.32 Å². The maximum atomic E-state index is 4.94. The highest BCUT2D eigenvalue weighted by Gasteiger charge is 2.36. The minimum absolute atomic E-state index is 0.264. The number of hydrogen-bond donors (Lipinski definition) is 1. The molecule has 1 saturated carbocycles. The molecular weight excluding hydrogens is 228 g/mol.